The first-order valence-corrected chi connectivity index (χ1v) is 8.76. The lowest BCUT2D eigenvalue weighted by atomic mass is 10.3. The molecule has 102 valence electrons. The minimum absolute atomic E-state index is 0.130. The van der Waals surface area contributed by atoms with E-state index in [1.54, 1.807) is 6.20 Å². The van der Waals surface area contributed by atoms with Crippen LogP contribution in [0.3, 0.4) is 0 Å². The minimum atomic E-state index is -3.23. The van der Waals surface area contributed by atoms with Crippen molar-refractivity contribution in [3.63, 3.8) is 0 Å². The molecular weight excluding hydrogens is 270 g/mol. The number of sulfonamides is 1. The third kappa shape index (κ3) is 4.31. The van der Waals surface area contributed by atoms with E-state index in [4.69, 9.17) is 0 Å². The maximum absolute atomic E-state index is 11.9. The lowest BCUT2D eigenvalue weighted by Crippen LogP contribution is -2.34. The number of hydrogen-bond acceptors (Lipinski definition) is 5. The molecule has 5 nitrogen and oxygen atoms in total. The van der Waals surface area contributed by atoms with Gasteiger partial charge in [0.25, 0.3) is 0 Å². The summed E-state index contributed by atoms with van der Waals surface area (Å²) in [6.45, 7) is 2.48. The van der Waals surface area contributed by atoms with Crippen LogP contribution >= 0.6 is 11.3 Å². The fourth-order valence-electron chi connectivity index (χ4n) is 1.68. The van der Waals surface area contributed by atoms with Gasteiger partial charge in [-0.05, 0) is 19.3 Å². The standard InChI is InChI=1S/C11H19N3O2S2/c1-2-10(11-13-5-7-17-11)14-18(15,16)8-6-12-9-3-4-9/h5,7,9-10,12,14H,2-4,6,8H2,1H3. The zero-order chi connectivity index (χ0) is 13.0. The molecule has 2 rings (SSSR count). The van der Waals surface area contributed by atoms with E-state index >= 15 is 0 Å². The minimum Gasteiger partial charge on any atom is -0.313 e. The summed E-state index contributed by atoms with van der Waals surface area (Å²) >= 11 is 1.48. The Balaban J connectivity index is 1.84. The summed E-state index contributed by atoms with van der Waals surface area (Å²) < 4.78 is 26.6. The first kappa shape index (κ1) is 13.9. The third-order valence-corrected chi connectivity index (χ3v) is 5.14. The Morgan fingerprint density at radius 3 is 2.89 bits per heavy atom. The molecule has 0 aliphatic heterocycles. The summed E-state index contributed by atoms with van der Waals surface area (Å²) in [4.78, 5) is 4.17. The molecule has 0 radical (unpaired) electrons. The molecule has 1 saturated carbocycles. The second-order valence-corrected chi connectivity index (χ2v) is 7.30. The molecule has 0 aromatic carbocycles. The van der Waals surface area contributed by atoms with Crippen molar-refractivity contribution in [1.29, 1.82) is 0 Å². The number of rotatable bonds is 8. The molecule has 0 amide bonds. The summed E-state index contributed by atoms with van der Waals surface area (Å²) in [5, 5.41) is 5.90. The van der Waals surface area contributed by atoms with Crippen molar-refractivity contribution in [3.05, 3.63) is 16.6 Å². The Bertz CT molecular complexity index is 455. The second-order valence-electron chi connectivity index (χ2n) is 4.50. The molecule has 7 heteroatoms. The Morgan fingerprint density at radius 1 is 1.56 bits per heavy atom. The first-order chi connectivity index (χ1) is 8.61. The lowest BCUT2D eigenvalue weighted by molar-refractivity contribution is 0.545. The van der Waals surface area contributed by atoms with Gasteiger partial charge >= 0.3 is 0 Å². The number of nitrogens with zero attached hydrogens (tertiary/aromatic N) is 1. The SMILES string of the molecule is CCC(NS(=O)(=O)CCNC1CC1)c1nccs1. The smallest absolute Gasteiger partial charge is 0.213 e. The second kappa shape index (κ2) is 6.10. The van der Waals surface area contributed by atoms with Crippen LogP contribution in [-0.4, -0.2) is 31.7 Å². The van der Waals surface area contributed by atoms with E-state index in [1.165, 1.54) is 24.2 Å². The highest BCUT2D eigenvalue weighted by Gasteiger charge is 2.23. The molecule has 1 fully saturated rings. The van der Waals surface area contributed by atoms with Gasteiger partial charge in [0.2, 0.25) is 10.0 Å². The lowest BCUT2D eigenvalue weighted by Gasteiger charge is -2.14. The van der Waals surface area contributed by atoms with Crippen LogP contribution in [0, 0.1) is 0 Å². The van der Waals surface area contributed by atoms with Crippen LogP contribution in [0.15, 0.2) is 11.6 Å². The summed E-state index contributed by atoms with van der Waals surface area (Å²) in [7, 11) is -3.23. The molecule has 1 aromatic heterocycles. The van der Waals surface area contributed by atoms with E-state index in [9.17, 15) is 8.42 Å². The van der Waals surface area contributed by atoms with Crippen molar-refractivity contribution in [2.45, 2.75) is 38.3 Å². The maximum atomic E-state index is 11.9. The van der Waals surface area contributed by atoms with Crippen LogP contribution in [0.2, 0.25) is 0 Å². The van der Waals surface area contributed by atoms with Gasteiger partial charge in [0.15, 0.2) is 0 Å². The van der Waals surface area contributed by atoms with Crippen molar-refractivity contribution in [2.24, 2.45) is 0 Å². The van der Waals surface area contributed by atoms with Gasteiger partial charge in [-0.1, -0.05) is 6.92 Å². The van der Waals surface area contributed by atoms with Crippen molar-refractivity contribution in [1.82, 2.24) is 15.0 Å². The topological polar surface area (TPSA) is 71.1 Å². The molecule has 1 atom stereocenters. The summed E-state index contributed by atoms with van der Waals surface area (Å²) in [6.07, 6.45) is 4.75. The molecule has 1 heterocycles. The number of nitrogens with one attached hydrogen (secondary N) is 2. The van der Waals surface area contributed by atoms with Crippen LogP contribution in [0.1, 0.15) is 37.2 Å². The molecule has 1 aliphatic carbocycles. The Kier molecular flexibility index (Phi) is 4.71. The molecule has 1 aliphatic rings. The molecule has 1 unspecified atom stereocenters. The van der Waals surface area contributed by atoms with Crippen LogP contribution in [0.25, 0.3) is 0 Å². The predicted octanol–water partition coefficient (Wildman–Crippen LogP) is 1.27. The zero-order valence-corrected chi connectivity index (χ0v) is 12.1. The number of thiazole rings is 1. The van der Waals surface area contributed by atoms with E-state index in [2.05, 4.69) is 15.0 Å². The molecule has 1 aromatic rings. The quantitative estimate of drug-likeness (QED) is 0.756. The normalized spacial score (nSPS) is 17.8. The Hall–Kier alpha value is -0.500. The van der Waals surface area contributed by atoms with Gasteiger partial charge < -0.3 is 5.32 Å². The molecule has 0 spiro atoms. The monoisotopic (exact) mass is 289 g/mol. The highest BCUT2D eigenvalue weighted by Crippen LogP contribution is 2.20. The van der Waals surface area contributed by atoms with Gasteiger partial charge in [0, 0.05) is 24.2 Å². The van der Waals surface area contributed by atoms with E-state index in [0.717, 1.165) is 5.01 Å². The van der Waals surface area contributed by atoms with Gasteiger partial charge in [0.05, 0.1) is 11.8 Å². The van der Waals surface area contributed by atoms with Crippen LogP contribution < -0.4 is 10.0 Å². The molecule has 0 saturated heterocycles. The van der Waals surface area contributed by atoms with E-state index < -0.39 is 10.0 Å². The van der Waals surface area contributed by atoms with E-state index in [-0.39, 0.29) is 11.8 Å². The average Bonchev–Trinajstić information content (AvgIpc) is 2.98. The maximum Gasteiger partial charge on any atom is 0.213 e. The van der Waals surface area contributed by atoms with Crippen LogP contribution in [0.4, 0.5) is 0 Å². The number of hydrogen-bond donors (Lipinski definition) is 2. The summed E-state index contributed by atoms with van der Waals surface area (Å²) in [6, 6.07) is 0.344. The third-order valence-electron chi connectivity index (χ3n) is 2.86. The van der Waals surface area contributed by atoms with Gasteiger partial charge in [0.1, 0.15) is 5.01 Å². The number of aromatic nitrogens is 1. The highest BCUT2D eigenvalue weighted by atomic mass is 32.2. The van der Waals surface area contributed by atoms with E-state index in [0.29, 0.717) is 19.0 Å². The zero-order valence-electron chi connectivity index (χ0n) is 10.4. The van der Waals surface area contributed by atoms with Crippen LogP contribution in [0.5, 0.6) is 0 Å². The summed E-state index contributed by atoms with van der Waals surface area (Å²) in [5.41, 5.74) is 0. The largest absolute Gasteiger partial charge is 0.313 e. The van der Waals surface area contributed by atoms with Gasteiger partial charge in [-0.15, -0.1) is 11.3 Å². The van der Waals surface area contributed by atoms with Crippen molar-refractivity contribution in [3.8, 4) is 0 Å². The molecular formula is C11H19N3O2S2. The Labute approximate surface area is 112 Å². The van der Waals surface area contributed by atoms with E-state index in [1.807, 2.05) is 12.3 Å². The highest BCUT2D eigenvalue weighted by molar-refractivity contribution is 7.89. The molecule has 2 N–H and O–H groups in total. The average molecular weight is 289 g/mol. The molecule has 0 bridgehead atoms. The van der Waals surface area contributed by atoms with Gasteiger partial charge in [-0.3, -0.25) is 0 Å². The van der Waals surface area contributed by atoms with Crippen molar-refractivity contribution >= 4 is 21.4 Å². The summed E-state index contributed by atoms with van der Waals surface area (Å²) in [5.74, 6) is 0.130. The van der Waals surface area contributed by atoms with Crippen molar-refractivity contribution in [2.75, 3.05) is 12.3 Å². The molecule has 18 heavy (non-hydrogen) atoms. The predicted molar refractivity (Wildman–Crippen MR) is 73.1 cm³/mol. The van der Waals surface area contributed by atoms with Crippen LogP contribution in [-0.2, 0) is 10.0 Å². The van der Waals surface area contributed by atoms with Gasteiger partial charge in [-0.2, -0.15) is 0 Å². The van der Waals surface area contributed by atoms with Gasteiger partial charge in [-0.25, -0.2) is 18.1 Å². The fraction of sp³-hybridized carbons (Fsp3) is 0.727. The first-order valence-electron chi connectivity index (χ1n) is 6.23. The van der Waals surface area contributed by atoms with Crippen molar-refractivity contribution < 1.29 is 8.42 Å². The Morgan fingerprint density at radius 2 is 2.33 bits per heavy atom. The fourth-order valence-corrected chi connectivity index (χ4v) is 3.74.